The number of benzene rings is 1. The van der Waals surface area contributed by atoms with E-state index in [0.717, 1.165) is 12.1 Å². The van der Waals surface area contributed by atoms with Crippen LogP contribution in [-0.2, 0) is 0 Å². The van der Waals surface area contributed by atoms with Crippen LogP contribution in [0.15, 0.2) is 33.4 Å². The lowest BCUT2D eigenvalue weighted by Gasteiger charge is -2.11. The van der Waals surface area contributed by atoms with E-state index in [9.17, 15) is 8.78 Å². The molecule has 90 valence electrons. The second-order valence-corrected chi connectivity index (χ2v) is 4.60. The van der Waals surface area contributed by atoms with E-state index >= 15 is 0 Å². The Morgan fingerprint density at radius 3 is 2.47 bits per heavy atom. The molecule has 1 aromatic heterocycles. The molecule has 2 N–H and O–H groups in total. The Morgan fingerprint density at radius 1 is 1.24 bits per heavy atom. The van der Waals surface area contributed by atoms with Gasteiger partial charge in [0.05, 0.1) is 6.04 Å². The second-order valence-electron chi connectivity index (χ2n) is 3.41. The van der Waals surface area contributed by atoms with E-state index in [2.05, 4.69) is 15.9 Å². The third-order valence-corrected chi connectivity index (χ3v) is 3.03. The molecule has 0 aliphatic rings. The summed E-state index contributed by atoms with van der Waals surface area (Å²) in [6.07, 6.45) is 0. The molecule has 2 rings (SSSR count). The molecule has 0 saturated carbocycles. The van der Waals surface area contributed by atoms with Gasteiger partial charge in [0.1, 0.15) is 5.76 Å². The van der Waals surface area contributed by atoms with Gasteiger partial charge in [0.2, 0.25) is 0 Å². The fraction of sp³-hybridized carbons (Fsp3) is 0.0909. The van der Waals surface area contributed by atoms with Crippen molar-refractivity contribution in [3.05, 3.63) is 56.9 Å². The summed E-state index contributed by atoms with van der Waals surface area (Å²) in [5, 5.41) is 0.0592. The van der Waals surface area contributed by atoms with Crippen molar-refractivity contribution in [3.8, 4) is 0 Å². The van der Waals surface area contributed by atoms with Crippen molar-refractivity contribution in [1.29, 1.82) is 0 Å². The summed E-state index contributed by atoms with van der Waals surface area (Å²) in [6, 6.07) is 4.40. The molecule has 0 radical (unpaired) electrons. The average Bonchev–Trinajstić information content (AvgIpc) is 2.69. The number of nitrogens with two attached hydrogens (primary N) is 1. The van der Waals surface area contributed by atoms with E-state index in [4.69, 9.17) is 21.8 Å². The molecule has 1 aromatic carbocycles. The summed E-state index contributed by atoms with van der Waals surface area (Å²) in [5.74, 6) is -1.60. The van der Waals surface area contributed by atoms with Gasteiger partial charge in [-0.2, -0.15) is 0 Å². The Balaban J connectivity index is 2.43. The maximum absolute atomic E-state index is 13.1. The van der Waals surface area contributed by atoms with Crippen LogP contribution in [0, 0.1) is 11.6 Å². The first-order chi connectivity index (χ1) is 7.99. The Hall–Kier alpha value is -0.910. The van der Waals surface area contributed by atoms with Gasteiger partial charge in [-0.1, -0.05) is 11.6 Å². The SMILES string of the molecule is NC(c1ccc(Br)o1)c1cc(F)c(F)cc1Cl. The van der Waals surface area contributed by atoms with Crippen molar-refractivity contribution in [2.45, 2.75) is 6.04 Å². The predicted octanol–water partition coefficient (Wildman–Crippen LogP) is 4.02. The normalized spacial score (nSPS) is 12.8. The molecule has 0 saturated heterocycles. The van der Waals surface area contributed by atoms with Crippen LogP contribution >= 0.6 is 27.5 Å². The van der Waals surface area contributed by atoms with Gasteiger partial charge in [0, 0.05) is 5.02 Å². The van der Waals surface area contributed by atoms with Gasteiger partial charge < -0.3 is 10.2 Å². The highest BCUT2D eigenvalue weighted by atomic mass is 79.9. The third-order valence-electron chi connectivity index (χ3n) is 2.28. The largest absolute Gasteiger partial charge is 0.452 e. The summed E-state index contributed by atoms with van der Waals surface area (Å²) < 4.78 is 31.8. The maximum Gasteiger partial charge on any atom is 0.169 e. The number of furan rings is 1. The van der Waals surface area contributed by atoms with Crippen LogP contribution in [0.4, 0.5) is 8.78 Å². The number of halogens is 4. The van der Waals surface area contributed by atoms with E-state index in [0.29, 0.717) is 10.4 Å². The lowest BCUT2D eigenvalue weighted by Crippen LogP contribution is -2.12. The van der Waals surface area contributed by atoms with Crippen LogP contribution in [0.1, 0.15) is 17.4 Å². The summed E-state index contributed by atoms with van der Waals surface area (Å²) in [6.45, 7) is 0. The van der Waals surface area contributed by atoms with Gasteiger partial charge in [-0.05, 0) is 45.8 Å². The average molecular weight is 323 g/mol. The second kappa shape index (κ2) is 4.76. The van der Waals surface area contributed by atoms with Crippen molar-refractivity contribution < 1.29 is 13.2 Å². The van der Waals surface area contributed by atoms with E-state index in [1.165, 1.54) is 0 Å². The van der Waals surface area contributed by atoms with Gasteiger partial charge in [0.15, 0.2) is 16.3 Å². The van der Waals surface area contributed by atoms with Crippen LogP contribution in [-0.4, -0.2) is 0 Å². The van der Waals surface area contributed by atoms with Gasteiger partial charge >= 0.3 is 0 Å². The minimum Gasteiger partial charge on any atom is -0.452 e. The molecule has 1 heterocycles. The Bertz CT molecular complexity index is 558. The lowest BCUT2D eigenvalue weighted by atomic mass is 10.1. The zero-order chi connectivity index (χ0) is 12.6. The monoisotopic (exact) mass is 321 g/mol. The standard InChI is InChI=1S/C11H7BrClF2NO/c12-10-2-1-9(17-10)11(16)5-3-7(14)8(15)4-6(5)13/h1-4,11H,16H2. The van der Waals surface area contributed by atoms with E-state index in [-0.39, 0.29) is 10.6 Å². The van der Waals surface area contributed by atoms with Crippen LogP contribution < -0.4 is 5.73 Å². The Morgan fingerprint density at radius 2 is 1.88 bits per heavy atom. The Labute approximate surface area is 109 Å². The molecule has 0 bridgehead atoms. The molecule has 0 fully saturated rings. The summed E-state index contributed by atoms with van der Waals surface area (Å²) in [4.78, 5) is 0. The molecular formula is C11H7BrClF2NO. The van der Waals surface area contributed by atoms with Crippen molar-refractivity contribution >= 4 is 27.5 Å². The molecule has 2 aromatic rings. The minimum absolute atomic E-state index is 0.0592. The molecule has 1 atom stereocenters. The van der Waals surface area contributed by atoms with E-state index in [1.807, 2.05) is 0 Å². The van der Waals surface area contributed by atoms with Crippen LogP contribution in [0.25, 0.3) is 0 Å². The minimum atomic E-state index is -1.01. The number of rotatable bonds is 2. The van der Waals surface area contributed by atoms with E-state index < -0.39 is 17.7 Å². The smallest absolute Gasteiger partial charge is 0.169 e. The molecule has 0 aliphatic heterocycles. The molecular weight excluding hydrogens is 315 g/mol. The Kier molecular flexibility index (Phi) is 3.51. The maximum atomic E-state index is 13.1. The highest BCUT2D eigenvalue weighted by molar-refractivity contribution is 9.10. The highest BCUT2D eigenvalue weighted by Gasteiger charge is 2.18. The molecule has 0 spiro atoms. The summed E-state index contributed by atoms with van der Waals surface area (Å²) >= 11 is 8.94. The zero-order valence-electron chi connectivity index (χ0n) is 8.38. The fourth-order valence-corrected chi connectivity index (χ4v) is 2.01. The van der Waals surface area contributed by atoms with Gasteiger partial charge in [-0.15, -0.1) is 0 Å². The van der Waals surface area contributed by atoms with Crippen LogP contribution in [0.2, 0.25) is 5.02 Å². The van der Waals surface area contributed by atoms with Gasteiger partial charge in [0.25, 0.3) is 0 Å². The van der Waals surface area contributed by atoms with Gasteiger partial charge in [-0.3, -0.25) is 0 Å². The topological polar surface area (TPSA) is 39.2 Å². The number of hydrogen-bond acceptors (Lipinski definition) is 2. The third kappa shape index (κ3) is 2.51. The van der Waals surface area contributed by atoms with E-state index in [1.54, 1.807) is 12.1 Å². The van der Waals surface area contributed by atoms with Crippen LogP contribution in [0.3, 0.4) is 0 Å². The molecule has 0 amide bonds. The molecule has 0 aliphatic carbocycles. The molecule has 1 unspecified atom stereocenters. The molecule has 2 nitrogen and oxygen atoms in total. The first-order valence-electron chi connectivity index (χ1n) is 4.64. The highest BCUT2D eigenvalue weighted by Crippen LogP contribution is 2.30. The fourth-order valence-electron chi connectivity index (χ4n) is 1.42. The van der Waals surface area contributed by atoms with Gasteiger partial charge in [-0.25, -0.2) is 8.78 Å². The molecule has 6 heteroatoms. The quantitative estimate of drug-likeness (QED) is 0.848. The van der Waals surface area contributed by atoms with Crippen molar-refractivity contribution in [2.24, 2.45) is 5.73 Å². The molecule has 17 heavy (non-hydrogen) atoms. The zero-order valence-corrected chi connectivity index (χ0v) is 10.7. The van der Waals surface area contributed by atoms with Crippen molar-refractivity contribution in [2.75, 3.05) is 0 Å². The predicted molar refractivity (Wildman–Crippen MR) is 63.8 cm³/mol. The van der Waals surface area contributed by atoms with Crippen molar-refractivity contribution in [3.63, 3.8) is 0 Å². The summed E-state index contributed by atoms with van der Waals surface area (Å²) in [5.41, 5.74) is 6.13. The first kappa shape index (κ1) is 12.5. The number of hydrogen-bond donors (Lipinski definition) is 1. The van der Waals surface area contributed by atoms with Crippen molar-refractivity contribution in [1.82, 2.24) is 0 Å². The first-order valence-corrected chi connectivity index (χ1v) is 5.81. The van der Waals surface area contributed by atoms with Crippen LogP contribution in [0.5, 0.6) is 0 Å². The lowest BCUT2D eigenvalue weighted by molar-refractivity contribution is 0.467. The summed E-state index contributed by atoms with van der Waals surface area (Å²) in [7, 11) is 0.